The minimum Gasteiger partial charge on any atom is -0.454 e. The predicted molar refractivity (Wildman–Crippen MR) is 119 cm³/mol. The van der Waals surface area contributed by atoms with Gasteiger partial charge in [-0.05, 0) is 41.3 Å². The van der Waals surface area contributed by atoms with Crippen molar-refractivity contribution < 1.29 is 14.3 Å². The van der Waals surface area contributed by atoms with Crippen molar-refractivity contribution in [1.29, 1.82) is 0 Å². The lowest BCUT2D eigenvalue weighted by molar-refractivity contribution is -0.120. The van der Waals surface area contributed by atoms with Gasteiger partial charge in [0.15, 0.2) is 11.5 Å². The molecule has 8 heteroatoms. The van der Waals surface area contributed by atoms with Crippen LogP contribution in [0.4, 0.5) is 0 Å². The van der Waals surface area contributed by atoms with Crippen molar-refractivity contribution >= 4 is 23.5 Å². The van der Waals surface area contributed by atoms with E-state index in [1.54, 1.807) is 23.6 Å². The first-order chi connectivity index (χ1) is 15.3. The minimum absolute atomic E-state index is 0.190. The minimum atomic E-state index is -0.219. The molecule has 1 aliphatic heterocycles. The van der Waals surface area contributed by atoms with E-state index in [1.165, 1.54) is 0 Å². The highest BCUT2D eigenvalue weighted by atomic mass is 32.1. The van der Waals surface area contributed by atoms with Gasteiger partial charge in [-0.15, -0.1) is 11.3 Å². The third-order valence-corrected chi connectivity index (χ3v) is 5.59. The van der Waals surface area contributed by atoms with Gasteiger partial charge in [0, 0.05) is 11.8 Å². The number of hydrogen-bond acceptors (Lipinski definition) is 6. The molecular weight excluding hydrogens is 412 g/mol. The molecule has 31 heavy (non-hydrogen) atoms. The molecule has 1 amide bonds. The smallest absolute Gasteiger partial charge is 0.244 e. The molecule has 5 rings (SSSR count). The van der Waals surface area contributed by atoms with Crippen LogP contribution in [0, 0.1) is 0 Å². The molecular formula is C23H18N4O3S. The summed E-state index contributed by atoms with van der Waals surface area (Å²) < 4.78 is 12.5. The molecule has 1 aliphatic rings. The molecule has 0 fully saturated rings. The Hall–Kier alpha value is -3.91. The van der Waals surface area contributed by atoms with Crippen molar-refractivity contribution in [3.05, 3.63) is 83.4 Å². The third-order valence-electron chi connectivity index (χ3n) is 4.71. The van der Waals surface area contributed by atoms with Crippen molar-refractivity contribution in [3.63, 3.8) is 0 Å². The van der Waals surface area contributed by atoms with Gasteiger partial charge in [-0.3, -0.25) is 4.79 Å². The molecule has 0 saturated carbocycles. The second-order valence-corrected chi connectivity index (χ2v) is 7.80. The Morgan fingerprint density at radius 3 is 2.84 bits per heavy atom. The number of carbonyl (C=O) groups excluding carboxylic acids is 1. The number of hydrazone groups is 1. The van der Waals surface area contributed by atoms with E-state index in [9.17, 15) is 4.79 Å². The van der Waals surface area contributed by atoms with Gasteiger partial charge in [0.05, 0.1) is 23.2 Å². The Morgan fingerprint density at radius 1 is 1.13 bits per heavy atom. The second-order valence-electron chi connectivity index (χ2n) is 6.85. The Bertz CT molecular complexity index is 1230. The normalized spacial score (nSPS) is 12.4. The zero-order valence-electron chi connectivity index (χ0n) is 16.4. The van der Waals surface area contributed by atoms with E-state index in [0.29, 0.717) is 11.5 Å². The molecule has 0 unspecified atom stereocenters. The maximum atomic E-state index is 12.3. The molecule has 154 valence electrons. The molecule has 0 bridgehead atoms. The molecule has 0 saturated heterocycles. The topological polar surface area (TPSA) is 77.7 Å². The second kappa shape index (κ2) is 8.45. The van der Waals surface area contributed by atoms with E-state index in [4.69, 9.17) is 14.6 Å². The van der Waals surface area contributed by atoms with Gasteiger partial charge >= 0.3 is 0 Å². The SMILES string of the molecule is O=C(Cc1ccc2c(c1)OCO2)N/N=C\c1cn(-c2ccccc2)nc1-c1cccs1. The summed E-state index contributed by atoms with van der Waals surface area (Å²) >= 11 is 1.60. The number of fused-ring (bicyclic) bond motifs is 1. The summed E-state index contributed by atoms with van der Waals surface area (Å²) in [6.45, 7) is 0.207. The molecule has 1 N–H and O–H groups in total. The molecule has 3 heterocycles. The maximum Gasteiger partial charge on any atom is 0.244 e. The van der Waals surface area contributed by atoms with Crippen molar-refractivity contribution in [2.45, 2.75) is 6.42 Å². The first-order valence-electron chi connectivity index (χ1n) is 9.66. The number of nitrogens with zero attached hydrogens (tertiary/aromatic N) is 3. The van der Waals surface area contributed by atoms with Crippen LogP contribution < -0.4 is 14.9 Å². The lowest BCUT2D eigenvalue weighted by Crippen LogP contribution is -2.19. The van der Waals surface area contributed by atoms with Gasteiger partial charge in [0.1, 0.15) is 5.69 Å². The van der Waals surface area contributed by atoms with E-state index >= 15 is 0 Å². The number of nitrogens with one attached hydrogen (secondary N) is 1. The molecule has 4 aromatic rings. The zero-order valence-corrected chi connectivity index (χ0v) is 17.2. The highest BCUT2D eigenvalue weighted by Crippen LogP contribution is 2.32. The summed E-state index contributed by atoms with van der Waals surface area (Å²) in [6.07, 6.45) is 3.71. The first-order valence-corrected chi connectivity index (χ1v) is 10.5. The fourth-order valence-electron chi connectivity index (χ4n) is 3.25. The fourth-order valence-corrected chi connectivity index (χ4v) is 3.98. The third kappa shape index (κ3) is 4.19. The van der Waals surface area contributed by atoms with E-state index < -0.39 is 0 Å². The Balaban J connectivity index is 1.32. The molecule has 2 aromatic carbocycles. The van der Waals surface area contributed by atoms with Crippen molar-refractivity contribution in [2.75, 3.05) is 6.79 Å². The average Bonchev–Trinajstić information content (AvgIpc) is 3.54. The Kier molecular flexibility index (Phi) is 5.20. The Morgan fingerprint density at radius 2 is 2.00 bits per heavy atom. The number of amides is 1. The van der Waals surface area contributed by atoms with E-state index in [1.807, 2.05) is 70.9 Å². The zero-order chi connectivity index (χ0) is 21.0. The summed E-state index contributed by atoms with van der Waals surface area (Å²) in [6, 6.07) is 19.3. The van der Waals surface area contributed by atoms with Gasteiger partial charge < -0.3 is 9.47 Å². The van der Waals surface area contributed by atoms with E-state index in [0.717, 1.165) is 27.4 Å². The van der Waals surface area contributed by atoms with Crippen LogP contribution in [0.5, 0.6) is 11.5 Å². The van der Waals surface area contributed by atoms with Gasteiger partial charge in [0.2, 0.25) is 12.7 Å². The predicted octanol–water partition coefficient (Wildman–Crippen LogP) is 4.02. The number of benzene rings is 2. The molecule has 0 radical (unpaired) electrons. The first kappa shape index (κ1) is 19.1. The fraction of sp³-hybridized carbons (Fsp3) is 0.0870. The summed E-state index contributed by atoms with van der Waals surface area (Å²) in [4.78, 5) is 13.4. The maximum absolute atomic E-state index is 12.3. The van der Waals surface area contributed by atoms with Gasteiger partial charge in [-0.2, -0.15) is 10.2 Å². The van der Waals surface area contributed by atoms with Crippen molar-refractivity contribution in [3.8, 4) is 27.8 Å². The van der Waals surface area contributed by atoms with Crippen LogP contribution in [-0.4, -0.2) is 28.7 Å². The number of aromatic nitrogens is 2. The molecule has 0 spiro atoms. The molecule has 0 atom stereocenters. The highest BCUT2D eigenvalue weighted by Gasteiger charge is 2.15. The molecule has 0 aliphatic carbocycles. The quantitative estimate of drug-likeness (QED) is 0.370. The lowest BCUT2D eigenvalue weighted by atomic mass is 10.1. The van der Waals surface area contributed by atoms with Crippen LogP contribution in [0.25, 0.3) is 16.3 Å². The van der Waals surface area contributed by atoms with Gasteiger partial charge in [-0.1, -0.05) is 30.3 Å². The number of rotatable bonds is 6. The molecule has 2 aromatic heterocycles. The lowest BCUT2D eigenvalue weighted by Gasteiger charge is -2.02. The van der Waals surface area contributed by atoms with Crippen LogP contribution in [0.2, 0.25) is 0 Å². The van der Waals surface area contributed by atoms with Crippen molar-refractivity contribution in [1.82, 2.24) is 15.2 Å². The molecule has 7 nitrogen and oxygen atoms in total. The van der Waals surface area contributed by atoms with Crippen LogP contribution in [-0.2, 0) is 11.2 Å². The van der Waals surface area contributed by atoms with Crippen LogP contribution >= 0.6 is 11.3 Å². The number of ether oxygens (including phenoxy) is 2. The number of hydrogen-bond donors (Lipinski definition) is 1. The van der Waals surface area contributed by atoms with E-state index in [-0.39, 0.29) is 19.1 Å². The standard InChI is InChI=1S/C23H18N4O3S/c28-22(12-16-8-9-19-20(11-16)30-15-29-19)25-24-13-17-14-27(18-5-2-1-3-6-18)26-23(17)21-7-4-10-31-21/h1-11,13-14H,12,15H2,(H,25,28)/b24-13-. The Labute approximate surface area is 182 Å². The summed E-state index contributed by atoms with van der Waals surface area (Å²) in [7, 11) is 0. The van der Waals surface area contributed by atoms with Gasteiger partial charge in [-0.25, -0.2) is 10.1 Å². The van der Waals surface area contributed by atoms with Gasteiger partial charge in [0.25, 0.3) is 0 Å². The number of thiophene rings is 1. The van der Waals surface area contributed by atoms with Crippen LogP contribution in [0.15, 0.2) is 77.3 Å². The number of para-hydroxylation sites is 1. The summed E-state index contributed by atoms with van der Waals surface area (Å²) in [5.41, 5.74) is 6.00. The highest BCUT2D eigenvalue weighted by molar-refractivity contribution is 7.13. The van der Waals surface area contributed by atoms with E-state index in [2.05, 4.69) is 10.5 Å². The monoisotopic (exact) mass is 430 g/mol. The van der Waals surface area contributed by atoms with Crippen LogP contribution in [0.1, 0.15) is 11.1 Å². The van der Waals surface area contributed by atoms with Crippen LogP contribution in [0.3, 0.4) is 0 Å². The largest absolute Gasteiger partial charge is 0.454 e. The average molecular weight is 430 g/mol. The summed E-state index contributed by atoms with van der Waals surface area (Å²) in [5, 5.41) is 10.9. The van der Waals surface area contributed by atoms with Crippen molar-refractivity contribution in [2.24, 2.45) is 5.10 Å². The summed E-state index contributed by atoms with van der Waals surface area (Å²) in [5.74, 6) is 1.13. The number of carbonyl (C=O) groups is 1.